The van der Waals surface area contributed by atoms with Crippen LogP contribution in [0, 0.1) is 13.8 Å². The Bertz CT molecular complexity index is 1600. The molecular weight excluding hydrogens is 406 g/mol. The molecular formula is C23H23N7O2. The van der Waals surface area contributed by atoms with Crippen molar-refractivity contribution < 1.29 is 0 Å². The standard InChI is InChI=1S/C23H23N7O2/c1-13-6-5-7-16-18(13)14(2)17(26-16)12-30-21(31)19-20(29(4)23(30)32)27-22(28(19)3)25-15-8-10-24-11-9-15/h5-11,26H,12H2,1-4H3,(H,24,25,27). The number of fused-ring (bicyclic) bond motifs is 2. The molecule has 0 aliphatic rings. The lowest BCUT2D eigenvalue weighted by Gasteiger charge is -2.09. The van der Waals surface area contributed by atoms with Gasteiger partial charge in [0.15, 0.2) is 11.2 Å². The maximum Gasteiger partial charge on any atom is 0.332 e. The van der Waals surface area contributed by atoms with Crippen LogP contribution in [0.5, 0.6) is 0 Å². The molecule has 5 rings (SSSR count). The van der Waals surface area contributed by atoms with E-state index in [4.69, 9.17) is 0 Å². The van der Waals surface area contributed by atoms with Crippen molar-refractivity contribution in [3.05, 3.63) is 80.4 Å². The van der Waals surface area contributed by atoms with Gasteiger partial charge in [-0.3, -0.25) is 18.9 Å². The highest BCUT2D eigenvalue weighted by atomic mass is 16.2. The molecule has 0 aliphatic heterocycles. The number of imidazole rings is 1. The molecule has 0 fully saturated rings. The van der Waals surface area contributed by atoms with Crippen LogP contribution in [0.2, 0.25) is 0 Å². The molecule has 0 bridgehead atoms. The van der Waals surface area contributed by atoms with E-state index in [-0.39, 0.29) is 12.1 Å². The van der Waals surface area contributed by atoms with E-state index in [2.05, 4.69) is 33.3 Å². The molecule has 32 heavy (non-hydrogen) atoms. The normalized spacial score (nSPS) is 11.5. The second-order valence-electron chi connectivity index (χ2n) is 7.99. The SMILES string of the molecule is Cc1cccc2[nH]c(Cn3c(=O)c4c(nc(Nc5ccncc5)n4C)n(C)c3=O)c(C)c12. The number of aromatic nitrogens is 6. The van der Waals surface area contributed by atoms with Crippen LogP contribution in [-0.4, -0.2) is 28.7 Å². The molecule has 0 unspecified atom stereocenters. The maximum atomic E-state index is 13.4. The summed E-state index contributed by atoms with van der Waals surface area (Å²) in [6.07, 6.45) is 3.33. The third-order valence-electron chi connectivity index (χ3n) is 6.00. The van der Waals surface area contributed by atoms with Crippen molar-refractivity contribution in [2.45, 2.75) is 20.4 Å². The van der Waals surface area contributed by atoms with Crippen LogP contribution < -0.4 is 16.6 Å². The zero-order valence-electron chi connectivity index (χ0n) is 18.3. The molecule has 0 saturated heterocycles. The fraction of sp³-hybridized carbons (Fsp3) is 0.217. The lowest BCUT2D eigenvalue weighted by atomic mass is 10.1. The summed E-state index contributed by atoms with van der Waals surface area (Å²) in [4.78, 5) is 38.4. The van der Waals surface area contributed by atoms with Crippen molar-refractivity contribution in [3.63, 3.8) is 0 Å². The van der Waals surface area contributed by atoms with Crippen molar-refractivity contribution in [2.24, 2.45) is 14.1 Å². The summed E-state index contributed by atoms with van der Waals surface area (Å²) in [6, 6.07) is 9.65. The van der Waals surface area contributed by atoms with E-state index < -0.39 is 5.69 Å². The average molecular weight is 429 g/mol. The van der Waals surface area contributed by atoms with Crippen molar-refractivity contribution in [2.75, 3.05) is 5.32 Å². The number of aryl methyl sites for hydroxylation is 4. The van der Waals surface area contributed by atoms with Gasteiger partial charge in [-0.25, -0.2) is 4.79 Å². The number of pyridine rings is 1. The monoisotopic (exact) mass is 429 g/mol. The van der Waals surface area contributed by atoms with Crippen molar-refractivity contribution in [1.29, 1.82) is 0 Å². The number of anilines is 2. The van der Waals surface area contributed by atoms with Gasteiger partial charge in [0.1, 0.15) is 0 Å². The zero-order chi connectivity index (χ0) is 22.6. The van der Waals surface area contributed by atoms with Gasteiger partial charge < -0.3 is 14.9 Å². The minimum atomic E-state index is -0.411. The fourth-order valence-electron chi connectivity index (χ4n) is 4.25. The molecule has 9 heteroatoms. The first-order valence-corrected chi connectivity index (χ1v) is 10.3. The van der Waals surface area contributed by atoms with Crippen LogP contribution in [-0.2, 0) is 20.6 Å². The highest BCUT2D eigenvalue weighted by molar-refractivity contribution is 5.87. The molecule has 162 valence electrons. The number of aromatic amines is 1. The van der Waals surface area contributed by atoms with E-state index in [0.717, 1.165) is 33.4 Å². The number of nitrogens with zero attached hydrogens (tertiary/aromatic N) is 5. The molecule has 9 nitrogen and oxygen atoms in total. The van der Waals surface area contributed by atoms with Crippen LogP contribution in [0.1, 0.15) is 16.8 Å². The Morgan fingerprint density at radius 2 is 1.78 bits per heavy atom. The molecule has 2 N–H and O–H groups in total. The molecule has 0 aliphatic carbocycles. The second-order valence-corrected chi connectivity index (χ2v) is 7.99. The van der Waals surface area contributed by atoms with Gasteiger partial charge in [0.2, 0.25) is 5.95 Å². The van der Waals surface area contributed by atoms with Gasteiger partial charge in [0.25, 0.3) is 5.56 Å². The Labute approximate surface area is 183 Å². The molecule has 4 aromatic heterocycles. The van der Waals surface area contributed by atoms with Crippen LogP contribution in [0.15, 0.2) is 52.3 Å². The van der Waals surface area contributed by atoms with E-state index >= 15 is 0 Å². The summed E-state index contributed by atoms with van der Waals surface area (Å²) in [7, 11) is 3.39. The number of H-pyrrole nitrogens is 1. The van der Waals surface area contributed by atoms with Gasteiger partial charge in [-0.05, 0) is 43.2 Å². The Hall–Kier alpha value is -4.14. The van der Waals surface area contributed by atoms with Gasteiger partial charge in [-0.1, -0.05) is 12.1 Å². The van der Waals surface area contributed by atoms with Gasteiger partial charge in [-0.15, -0.1) is 0 Å². The highest BCUT2D eigenvalue weighted by Gasteiger charge is 2.20. The van der Waals surface area contributed by atoms with Crippen molar-refractivity contribution in [3.8, 4) is 0 Å². The summed E-state index contributed by atoms with van der Waals surface area (Å²) >= 11 is 0. The zero-order valence-corrected chi connectivity index (χ0v) is 18.3. The third-order valence-corrected chi connectivity index (χ3v) is 6.00. The minimum absolute atomic E-state index is 0.152. The summed E-state index contributed by atoms with van der Waals surface area (Å²) in [6.45, 7) is 4.22. The first-order chi connectivity index (χ1) is 15.4. The fourth-order valence-corrected chi connectivity index (χ4v) is 4.25. The molecule has 0 spiro atoms. The first-order valence-electron chi connectivity index (χ1n) is 10.3. The number of nitrogens with one attached hydrogen (secondary N) is 2. The lowest BCUT2D eigenvalue weighted by molar-refractivity contribution is 0.646. The summed E-state index contributed by atoms with van der Waals surface area (Å²) in [5.74, 6) is 0.466. The largest absolute Gasteiger partial charge is 0.357 e. The topological polar surface area (TPSA) is 103 Å². The van der Waals surface area contributed by atoms with Gasteiger partial charge in [0, 0.05) is 48.8 Å². The summed E-state index contributed by atoms with van der Waals surface area (Å²) < 4.78 is 4.35. The molecule has 0 radical (unpaired) electrons. The van der Waals surface area contributed by atoms with Crippen molar-refractivity contribution >= 4 is 33.7 Å². The second kappa shape index (κ2) is 7.23. The number of benzene rings is 1. The summed E-state index contributed by atoms with van der Waals surface area (Å²) in [5.41, 5.74) is 4.70. The van der Waals surface area contributed by atoms with E-state index in [1.165, 1.54) is 9.13 Å². The van der Waals surface area contributed by atoms with Gasteiger partial charge in [0.05, 0.1) is 6.54 Å². The predicted octanol–water partition coefficient (Wildman–Crippen LogP) is 2.72. The van der Waals surface area contributed by atoms with E-state index in [9.17, 15) is 9.59 Å². The summed E-state index contributed by atoms with van der Waals surface area (Å²) in [5, 5.41) is 4.30. The lowest BCUT2D eigenvalue weighted by Crippen LogP contribution is -2.40. The average Bonchev–Trinajstić information content (AvgIpc) is 3.28. The Balaban J connectivity index is 1.66. The molecule has 1 aromatic carbocycles. The van der Waals surface area contributed by atoms with E-state index in [1.54, 1.807) is 43.2 Å². The molecule has 0 saturated carbocycles. The Morgan fingerprint density at radius 3 is 2.50 bits per heavy atom. The first kappa shape index (κ1) is 19.8. The van der Waals surface area contributed by atoms with Gasteiger partial charge in [-0.2, -0.15) is 4.98 Å². The quantitative estimate of drug-likeness (QED) is 0.457. The highest BCUT2D eigenvalue weighted by Crippen LogP contribution is 2.25. The number of rotatable bonds is 4. The van der Waals surface area contributed by atoms with Crippen LogP contribution in [0.3, 0.4) is 0 Å². The number of hydrogen-bond acceptors (Lipinski definition) is 5. The molecule has 0 atom stereocenters. The van der Waals surface area contributed by atoms with Crippen molar-refractivity contribution in [1.82, 2.24) is 28.7 Å². The predicted molar refractivity (Wildman–Crippen MR) is 125 cm³/mol. The van der Waals surface area contributed by atoms with Gasteiger partial charge >= 0.3 is 5.69 Å². The van der Waals surface area contributed by atoms with Crippen LogP contribution in [0.4, 0.5) is 11.6 Å². The molecule has 4 heterocycles. The van der Waals surface area contributed by atoms with E-state index in [0.29, 0.717) is 17.1 Å². The van der Waals surface area contributed by atoms with Crippen LogP contribution in [0.25, 0.3) is 22.1 Å². The van der Waals surface area contributed by atoms with Crippen LogP contribution >= 0.6 is 0 Å². The Kier molecular flexibility index (Phi) is 4.47. The third kappa shape index (κ3) is 2.93. The number of hydrogen-bond donors (Lipinski definition) is 2. The minimum Gasteiger partial charge on any atom is -0.357 e. The smallest absolute Gasteiger partial charge is 0.332 e. The van der Waals surface area contributed by atoms with E-state index in [1.807, 2.05) is 19.1 Å². The molecule has 5 aromatic rings. The Morgan fingerprint density at radius 1 is 1.03 bits per heavy atom. The maximum absolute atomic E-state index is 13.4. The molecule has 0 amide bonds.